The monoisotopic (exact) mass is 420 g/mol. The quantitative estimate of drug-likeness (QED) is 0.702. The summed E-state index contributed by atoms with van der Waals surface area (Å²) in [5.41, 5.74) is 0.910. The highest BCUT2D eigenvalue weighted by atomic mass is 35.5. The number of benzene rings is 2. The van der Waals surface area contributed by atoms with Gasteiger partial charge in [0.25, 0.3) is 0 Å². The predicted octanol–water partition coefficient (Wildman–Crippen LogP) is 3.97. The van der Waals surface area contributed by atoms with Crippen molar-refractivity contribution in [2.75, 3.05) is 7.11 Å². The van der Waals surface area contributed by atoms with Crippen molar-refractivity contribution in [3.63, 3.8) is 0 Å². The summed E-state index contributed by atoms with van der Waals surface area (Å²) in [6.07, 6.45) is -0.241. The molecule has 0 aromatic heterocycles. The Balaban J connectivity index is 2.32. The molecule has 1 atom stereocenters. The second-order valence-corrected chi connectivity index (χ2v) is 7.50. The van der Waals surface area contributed by atoms with Crippen molar-refractivity contribution >= 4 is 23.4 Å². The Morgan fingerprint density at radius 2 is 1.86 bits per heavy atom. The van der Waals surface area contributed by atoms with E-state index in [0.717, 1.165) is 5.56 Å². The maximum absolute atomic E-state index is 14.2. The molecule has 2 aromatic rings. The highest BCUT2D eigenvalue weighted by Gasteiger charge is 2.27. The Bertz CT molecular complexity index is 853. The summed E-state index contributed by atoms with van der Waals surface area (Å²) in [6.45, 7) is 5.52. The lowest BCUT2D eigenvalue weighted by Crippen LogP contribution is -2.49. The van der Waals surface area contributed by atoms with Gasteiger partial charge in [-0.3, -0.25) is 9.59 Å². The molecule has 0 saturated carbocycles. The summed E-state index contributed by atoms with van der Waals surface area (Å²) >= 11 is 6.08. The van der Waals surface area contributed by atoms with Crippen molar-refractivity contribution < 1.29 is 18.7 Å². The van der Waals surface area contributed by atoms with E-state index in [-0.39, 0.29) is 35.5 Å². The van der Waals surface area contributed by atoms with Crippen LogP contribution in [-0.2, 0) is 22.6 Å². The zero-order valence-electron chi connectivity index (χ0n) is 17.0. The minimum atomic E-state index is -0.748. The molecule has 29 heavy (non-hydrogen) atoms. The van der Waals surface area contributed by atoms with Crippen LogP contribution in [-0.4, -0.2) is 35.9 Å². The smallest absolute Gasteiger partial charge is 0.242 e. The molecule has 0 aliphatic heterocycles. The second-order valence-electron chi connectivity index (χ2n) is 7.09. The van der Waals surface area contributed by atoms with E-state index in [1.807, 2.05) is 26.0 Å². The van der Waals surface area contributed by atoms with Crippen LogP contribution in [0.1, 0.15) is 31.9 Å². The predicted molar refractivity (Wildman–Crippen MR) is 111 cm³/mol. The van der Waals surface area contributed by atoms with Crippen molar-refractivity contribution in [2.24, 2.45) is 0 Å². The lowest BCUT2D eigenvalue weighted by Gasteiger charge is -2.29. The van der Waals surface area contributed by atoms with Gasteiger partial charge in [0.15, 0.2) is 0 Å². The Labute approximate surface area is 175 Å². The molecule has 0 saturated heterocycles. The van der Waals surface area contributed by atoms with Crippen LogP contribution in [0.25, 0.3) is 0 Å². The van der Waals surface area contributed by atoms with Gasteiger partial charge in [0.1, 0.15) is 17.6 Å². The van der Waals surface area contributed by atoms with Gasteiger partial charge in [0, 0.05) is 23.2 Å². The van der Waals surface area contributed by atoms with Crippen LogP contribution >= 0.6 is 11.6 Å². The van der Waals surface area contributed by atoms with Gasteiger partial charge in [-0.2, -0.15) is 0 Å². The number of amides is 2. The second kappa shape index (κ2) is 10.3. The normalized spacial score (nSPS) is 11.8. The third-order valence-electron chi connectivity index (χ3n) is 4.47. The number of halogens is 2. The fourth-order valence-corrected chi connectivity index (χ4v) is 3.14. The van der Waals surface area contributed by atoms with E-state index in [9.17, 15) is 14.0 Å². The van der Waals surface area contributed by atoms with Gasteiger partial charge in [-0.05, 0) is 50.6 Å². The van der Waals surface area contributed by atoms with Crippen molar-refractivity contribution in [3.05, 3.63) is 64.4 Å². The summed E-state index contributed by atoms with van der Waals surface area (Å²) < 4.78 is 19.4. The van der Waals surface area contributed by atoms with Gasteiger partial charge in [0.05, 0.1) is 13.5 Å². The maximum atomic E-state index is 14.2. The minimum absolute atomic E-state index is 0.0697. The third kappa shape index (κ3) is 6.19. The molecule has 0 bridgehead atoms. The number of ether oxygens (including phenoxy) is 1. The lowest BCUT2D eigenvalue weighted by atomic mass is 10.1. The summed E-state index contributed by atoms with van der Waals surface area (Å²) in [7, 11) is 1.56. The van der Waals surface area contributed by atoms with Crippen LogP contribution < -0.4 is 10.1 Å². The van der Waals surface area contributed by atoms with E-state index in [2.05, 4.69) is 5.32 Å². The Morgan fingerprint density at radius 3 is 2.48 bits per heavy atom. The molecule has 0 radical (unpaired) electrons. The molecule has 7 heteroatoms. The Kier molecular flexibility index (Phi) is 8.02. The van der Waals surface area contributed by atoms with Crippen molar-refractivity contribution in [1.82, 2.24) is 10.2 Å². The largest absolute Gasteiger partial charge is 0.497 e. The van der Waals surface area contributed by atoms with Crippen molar-refractivity contribution in [1.29, 1.82) is 0 Å². The molecular formula is C22H26ClFN2O3. The maximum Gasteiger partial charge on any atom is 0.242 e. The first-order chi connectivity index (χ1) is 13.7. The summed E-state index contributed by atoms with van der Waals surface area (Å²) in [4.78, 5) is 27.1. The SMILES string of the molecule is COc1cccc(CN(C(=O)Cc2c(F)cccc2Cl)[C@H](C)C(=O)NC(C)C)c1. The van der Waals surface area contributed by atoms with E-state index in [4.69, 9.17) is 16.3 Å². The Hall–Kier alpha value is -2.60. The van der Waals surface area contributed by atoms with Crippen molar-refractivity contribution in [2.45, 2.75) is 45.8 Å². The number of hydrogen-bond acceptors (Lipinski definition) is 3. The molecule has 0 fully saturated rings. The van der Waals surface area contributed by atoms with Crippen molar-refractivity contribution in [3.8, 4) is 5.75 Å². The number of hydrogen-bond donors (Lipinski definition) is 1. The van der Waals surface area contributed by atoms with E-state index >= 15 is 0 Å². The molecule has 1 N–H and O–H groups in total. The number of methoxy groups -OCH3 is 1. The molecular weight excluding hydrogens is 395 g/mol. The fourth-order valence-electron chi connectivity index (χ4n) is 2.91. The third-order valence-corrected chi connectivity index (χ3v) is 4.83. The molecule has 0 aliphatic carbocycles. The zero-order chi connectivity index (χ0) is 21.6. The van der Waals surface area contributed by atoms with Crippen LogP contribution in [0.2, 0.25) is 5.02 Å². The van der Waals surface area contributed by atoms with E-state index < -0.39 is 17.8 Å². The van der Waals surface area contributed by atoms with Crippen LogP contribution in [0.3, 0.4) is 0 Å². The number of carbonyl (C=O) groups excluding carboxylic acids is 2. The van der Waals surface area contributed by atoms with Gasteiger partial charge in [0.2, 0.25) is 11.8 Å². The van der Waals surface area contributed by atoms with Crippen LogP contribution in [0, 0.1) is 5.82 Å². The lowest BCUT2D eigenvalue weighted by molar-refractivity contribution is -0.140. The molecule has 0 heterocycles. The van der Waals surface area contributed by atoms with Gasteiger partial charge in [-0.1, -0.05) is 29.8 Å². The van der Waals surface area contributed by atoms with Gasteiger partial charge >= 0.3 is 0 Å². The van der Waals surface area contributed by atoms with Gasteiger partial charge in [-0.15, -0.1) is 0 Å². The first-order valence-corrected chi connectivity index (χ1v) is 9.76. The molecule has 2 aromatic carbocycles. The molecule has 0 spiro atoms. The minimum Gasteiger partial charge on any atom is -0.497 e. The van der Waals surface area contributed by atoms with Crippen LogP contribution in [0.4, 0.5) is 4.39 Å². The first-order valence-electron chi connectivity index (χ1n) is 9.38. The fraction of sp³-hybridized carbons (Fsp3) is 0.364. The van der Waals surface area contributed by atoms with Crippen LogP contribution in [0.15, 0.2) is 42.5 Å². The molecule has 5 nitrogen and oxygen atoms in total. The zero-order valence-corrected chi connectivity index (χ0v) is 17.8. The summed E-state index contributed by atoms with van der Waals surface area (Å²) in [5.74, 6) is -0.583. The summed E-state index contributed by atoms with van der Waals surface area (Å²) in [6, 6.07) is 10.7. The van der Waals surface area contributed by atoms with Gasteiger partial charge in [-0.25, -0.2) is 4.39 Å². The van der Waals surface area contributed by atoms with Crippen LogP contribution in [0.5, 0.6) is 5.75 Å². The Morgan fingerprint density at radius 1 is 1.17 bits per heavy atom. The number of nitrogens with zero attached hydrogens (tertiary/aromatic N) is 1. The average Bonchev–Trinajstić information content (AvgIpc) is 2.68. The highest BCUT2D eigenvalue weighted by Crippen LogP contribution is 2.22. The molecule has 2 rings (SSSR count). The number of nitrogens with one attached hydrogen (secondary N) is 1. The van der Waals surface area contributed by atoms with E-state index in [0.29, 0.717) is 5.75 Å². The summed E-state index contributed by atoms with van der Waals surface area (Å²) in [5, 5.41) is 2.99. The molecule has 0 aliphatic rings. The topological polar surface area (TPSA) is 58.6 Å². The highest BCUT2D eigenvalue weighted by molar-refractivity contribution is 6.31. The van der Waals surface area contributed by atoms with E-state index in [1.165, 1.54) is 23.1 Å². The number of rotatable bonds is 8. The standard InChI is InChI=1S/C22H26ClFN2O3/c1-14(2)25-22(28)15(3)26(13-16-7-5-8-17(11-16)29-4)21(27)12-18-19(23)9-6-10-20(18)24/h5-11,14-15H,12-13H2,1-4H3,(H,25,28)/t15-/m1/s1. The number of carbonyl (C=O) groups is 2. The molecule has 156 valence electrons. The van der Waals surface area contributed by atoms with E-state index in [1.54, 1.807) is 26.2 Å². The molecule has 2 amide bonds. The average molecular weight is 421 g/mol. The molecule has 0 unspecified atom stereocenters. The first kappa shape index (κ1) is 22.7. The van der Waals surface area contributed by atoms with Gasteiger partial charge < -0.3 is 15.0 Å².